The van der Waals surface area contributed by atoms with E-state index in [9.17, 15) is 22.8 Å². The van der Waals surface area contributed by atoms with E-state index in [-0.39, 0.29) is 16.3 Å². The maximum atomic E-state index is 13.2. The number of nitrogens with one attached hydrogen (secondary N) is 1. The molecule has 2 amide bonds. The summed E-state index contributed by atoms with van der Waals surface area (Å²) < 4.78 is 39.6. The summed E-state index contributed by atoms with van der Waals surface area (Å²) in [6, 6.07) is 19.5. The van der Waals surface area contributed by atoms with Gasteiger partial charge in [0, 0.05) is 15.6 Å². The van der Waals surface area contributed by atoms with Crippen LogP contribution in [0.3, 0.4) is 0 Å². The van der Waals surface area contributed by atoms with Crippen molar-refractivity contribution in [2.24, 2.45) is 0 Å². The molecule has 4 rings (SSSR count). The number of halogens is 4. The van der Waals surface area contributed by atoms with E-state index in [0.717, 1.165) is 34.9 Å². The van der Waals surface area contributed by atoms with Crippen LogP contribution in [0.25, 0.3) is 0 Å². The molecule has 0 atom stereocenters. The highest BCUT2D eigenvalue weighted by molar-refractivity contribution is 8.04. The van der Waals surface area contributed by atoms with Gasteiger partial charge in [0.2, 0.25) is 0 Å². The molecule has 3 aromatic carbocycles. The van der Waals surface area contributed by atoms with Gasteiger partial charge in [0.1, 0.15) is 10.6 Å². The monoisotopic (exact) mass is 474 g/mol. The van der Waals surface area contributed by atoms with Crippen LogP contribution in [0, 0.1) is 0 Å². The highest BCUT2D eigenvalue weighted by Gasteiger charge is 2.41. The first kappa shape index (κ1) is 22.0. The fourth-order valence-corrected chi connectivity index (χ4v) is 4.11. The maximum Gasteiger partial charge on any atom is 0.416 e. The summed E-state index contributed by atoms with van der Waals surface area (Å²) in [5, 5.41) is 3.45. The average molecular weight is 475 g/mol. The lowest BCUT2D eigenvalue weighted by molar-refractivity contribution is -0.137. The second kappa shape index (κ2) is 8.72. The third-order valence-electron chi connectivity index (χ3n) is 4.55. The molecule has 32 heavy (non-hydrogen) atoms. The molecule has 1 N–H and O–H groups in total. The Balaban J connectivity index is 1.75. The van der Waals surface area contributed by atoms with E-state index >= 15 is 0 Å². The molecule has 0 saturated carbocycles. The summed E-state index contributed by atoms with van der Waals surface area (Å²) >= 11 is 6.95. The zero-order chi connectivity index (χ0) is 22.9. The summed E-state index contributed by atoms with van der Waals surface area (Å²) in [5.41, 5.74) is -0.567. The van der Waals surface area contributed by atoms with Crippen molar-refractivity contribution in [1.82, 2.24) is 0 Å². The molecular weight excluding hydrogens is 461 g/mol. The second-order valence-electron chi connectivity index (χ2n) is 6.74. The molecule has 0 saturated heterocycles. The van der Waals surface area contributed by atoms with Gasteiger partial charge in [0.15, 0.2) is 0 Å². The predicted octanol–water partition coefficient (Wildman–Crippen LogP) is 6.35. The largest absolute Gasteiger partial charge is 0.416 e. The van der Waals surface area contributed by atoms with Gasteiger partial charge in [-0.3, -0.25) is 9.59 Å². The number of alkyl halides is 3. The van der Waals surface area contributed by atoms with Gasteiger partial charge >= 0.3 is 6.18 Å². The molecule has 3 aromatic rings. The minimum atomic E-state index is -4.61. The van der Waals surface area contributed by atoms with E-state index in [0.29, 0.717) is 15.6 Å². The molecule has 0 fully saturated rings. The molecule has 0 radical (unpaired) electrons. The Morgan fingerprint density at radius 1 is 0.844 bits per heavy atom. The van der Waals surface area contributed by atoms with Gasteiger partial charge in [0.05, 0.1) is 11.3 Å². The van der Waals surface area contributed by atoms with Gasteiger partial charge in [-0.15, -0.1) is 0 Å². The van der Waals surface area contributed by atoms with E-state index in [1.54, 1.807) is 54.6 Å². The number of imide groups is 1. The van der Waals surface area contributed by atoms with Gasteiger partial charge in [-0.05, 0) is 54.6 Å². The lowest BCUT2D eigenvalue weighted by Crippen LogP contribution is -2.32. The van der Waals surface area contributed by atoms with Crippen molar-refractivity contribution in [2.45, 2.75) is 11.1 Å². The van der Waals surface area contributed by atoms with E-state index in [1.165, 1.54) is 6.07 Å². The topological polar surface area (TPSA) is 49.4 Å². The van der Waals surface area contributed by atoms with E-state index in [2.05, 4.69) is 5.32 Å². The Labute approximate surface area is 190 Å². The molecular formula is C23H14ClF3N2O2S. The van der Waals surface area contributed by atoms with Gasteiger partial charge in [0.25, 0.3) is 11.8 Å². The van der Waals surface area contributed by atoms with Gasteiger partial charge in [-0.2, -0.15) is 13.2 Å². The number of para-hydroxylation sites is 1. The fraction of sp³-hybridized carbons (Fsp3) is 0.0435. The SMILES string of the molecule is O=C1C(Nc2ccccc2)=C(Sc2ccc(Cl)cc2)C(=O)N1c1cccc(C(F)(F)F)c1. The molecule has 0 bridgehead atoms. The minimum Gasteiger partial charge on any atom is -0.350 e. The van der Waals surface area contributed by atoms with Crippen molar-refractivity contribution in [3.63, 3.8) is 0 Å². The number of carbonyl (C=O) groups excluding carboxylic acids is 2. The van der Waals surface area contributed by atoms with Crippen LogP contribution in [0.5, 0.6) is 0 Å². The quantitative estimate of drug-likeness (QED) is 0.438. The van der Waals surface area contributed by atoms with Crippen LogP contribution in [0.4, 0.5) is 24.5 Å². The Hall–Kier alpha value is -3.23. The van der Waals surface area contributed by atoms with Crippen molar-refractivity contribution >= 4 is 46.6 Å². The van der Waals surface area contributed by atoms with E-state index < -0.39 is 23.6 Å². The molecule has 0 spiro atoms. The number of rotatable bonds is 5. The smallest absolute Gasteiger partial charge is 0.350 e. The Morgan fingerprint density at radius 2 is 1.53 bits per heavy atom. The molecule has 0 aliphatic carbocycles. The van der Waals surface area contributed by atoms with Crippen LogP contribution in [-0.2, 0) is 15.8 Å². The molecule has 1 aliphatic heterocycles. The van der Waals surface area contributed by atoms with Gasteiger partial charge in [-0.25, -0.2) is 4.90 Å². The second-order valence-corrected chi connectivity index (χ2v) is 8.27. The Bertz CT molecular complexity index is 1210. The number of amides is 2. The summed E-state index contributed by atoms with van der Waals surface area (Å²) in [7, 11) is 0. The minimum absolute atomic E-state index is 0.0152. The van der Waals surface area contributed by atoms with Crippen molar-refractivity contribution in [3.05, 3.63) is 100 Å². The van der Waals surface area contributed by atoms with Gasteiger partial charge in [-0.1, -0.05) is 47.6 Å². The lowest BCUT2D eigenvalue weighted by Gasteiger charge is -2.17. The van der Waals surface area contributed by atoms with Crippen molar-refractivity contribution in [2.75, 3.05) is 10.2 Å². The van der Waals surface area contributed by atoms with Crippen LogP contribution < -0.4 is 10.2 Å². The third-order valence-corrected chi connectivity index (χ3v) is 5.89. The average Bonchev–Trinajstić information content (AvgIpc) is 2.99. The highest BCUT2D eigenvalue weighted by atomic mass is 35.5. The third kappa shape index (κ3) is 4.51. The predicted molar refractivity (Wildman–Crippen MR) is 118 cm³/mol. The first-order valence-corrected chi connectivity index (χ1v) is 10.5. The molecule has 162 valence electrons. The molecule has 9 heteroatoms. The standard InChI is InChI=1S/C23H14ClF3N2O2S/c24-15-9-11-18(12-10-15)32-20-19(28-16-6-2-1-3-7-16)21(30)29(22(20)31)17-8-4-5-14(13-17)23(25,26)27/h1-13,28H. The fourth-order valence-electron chi connectivity index (χ4n) is 3.06. The Kier molecular flexibility index (Phi) is 5.99. The Morgan fingerprint density at radius 3 is 2.19 bits per heavy atom. The summed E-state index contributed by atoms with van der Waals surface area (Å²) in [4.78, 5) is 27.9. The molecule has 4 nitrogen and oxygen atoms in total. The van der Waals surface area contributed by atoms with Crippen molar-refractivity contribution < 1.29 is 22.8 Å². The summed E-state index contributed by atoms with van der Waals surface area (Å²) in [6.45, 7) is 0. The van der Waals surface area contributed by atoms with Crippen molar-refractivity contribution in [3.8, 4) is 0 Å². The van der Waals surface area contributed by atoms with Crippen LogP contribution in [0.2, 0.25) is 5.02 Å². The zero-order valence-electron chi connectivity index (χ0n) is 16.2. The molecule has 0 aromatic heterocycles. The number of anilines is 2. The molecule has 1 heterocycles. The highest BCUT2D eigenvalue weighted by Crippen LogP contribution is 2.39. The van der Waals surface area contributed by atoms with E-state index in [4.69, 9.17) is 11.6 Å². The summed E-state index contributed by atoms with van der Waals surface area (Å²) in [5.74, 6) is -1.46. The number of hydrogen-bond acceptors (Lipinski definition) is 4. The number of benzene rings is 3. The van der Waals surface area contributed by atoms with E-state index in [1.807, 2.05) is 0 Å². The van der Waals surface area contributed by atoms with Crippen LogP contribution in [-0.4, -0.2) is 11.8 Å². The summed E-state index contributed by atoms with van der Waals surface area (Å²) in [6.07, 6.45) is -4.61. The van der Waals surface area contributed by atoms with Crippen LogP contribution in [0.1, 0.15) is 5.56 Å². The van der Waals surface area contributed by atoms with Gasteiger partial charge < -0.3 is 5.32 Å². The number of hydrogen-bond donors (Lipinski definition) is 1. The zero-order valence-corrected chi connectivity index (χ0v) is 17.8. The lowest BCUT2D eigenvalue weighted by atomic mass is 10.2. The number of carbonyl (C=O) groups is 2. The molecule has 0 unspecified atom stereocenters. The first-order valence-electron chi connectivity index (χ1n) is 9.30. The number of thioether (sulfide) groups is 1. The maximum absolute atomic E-state index is 13.2. The first-order chi connectivity index (χ1) is 15.2. The molecule has 1 aliphatic rings. The normalized spacial score (nSPS) is 14.3. The van der Waals surface area contributed by atoms with Crippen LogP contribution >= 0.6 is 23.4 Å². The van der Waals surface area contributed by atoms with Crippen LogP contribution in [0.15, 0.2) is 94.4 Å². The van der Waals surface area contributed by atoms with Crippen molar-refractivity contribution in [1.29, 1.82) is 0 Å². The number of nitrogens with zero attached hydrogens (tertiary/aromatic N) is 1.